The Bertz CT molecular complexity index is 1040. The number of hydrogen-bond donors (Lipinski definition) is 3. The summed E-state index contributed by atoms with van der Waals surface area (Å²) in [7, 11) is 0. The Kier molecular flexibility index (Phi) is 4.14. The molecule has 0 unspecified atom stereocenters. The molecule has 0 amide bonds. The molecular weight excluding hydrogens is 336 g/mol. The van der Waals surface area contributed by atoms with Crippen LogP contribution in [0.3, 0.4) is 0 Å². The number of rotatable bonds is 3. The largest absolute Gasteiger partial charge is 0.397 e. The van der Waals surface area contributed by atoms with E-state index in [1.54, 1.807) is 12.1 Å². The molecule has 0 fully saturated rings. The monoisotopic (exact) mass is 354 g/mol. The highest BCUT2D eigenvalue weighted by atomic mass is 15.0. The van der Waals surface area contributed by atoms with Gasteiger partial charge in [0.15, 0.2) is 17.5 Å². The van der Waals surface area contributed by atoms with E-state index in [2.05, 4.69) is 15.0 Å². The van der Waals surface area contributed by atoms with Gasteiger partial charge in [-0.15, -0.1) is 0 Å². The smallest absolute Gasteiger partial charge is 0.166 e. The number of hydrogen-bond acceptors (Lipinski definition) is 6. The van der Waals surface area contributed by atoms with Gasteiger partial charge in [0.2, 0.25) is 0 Å². The molecule has 6 nitrogen and oxygen atoms in total. The van der Waals surface area contributed by atoms with Crippen LogP contribution in [0.1, 0.15) is 0 Å². The molecule has 0 atom stereocenters. The summed E-state index contributed by atoms with van der Waals surface area (Å²) in [6.07, 6.45) is 0. The van der Waals surface area contributed by atoms with Gasteiger partial charge >= 0.3 is 0 Å². The van der Waals surface area contributed by atoms with E-state index >= 15 is 0 Å². The Morgan fingerprint density at radius 3 is 1.48 bits per heavy atom. The lowest BCUT2D eigenvalue weighted by Crippen LogP contribution is -2.05. The summed E-state index contributed by atoms with van der Waals surface area (Å²) in [5.74, 6) is 1.58. The summed E-state index contributed by atoms with van der Waals surface area (Å²) in [4.78, 5) is 13.9. The molecule has 6 heteroatoms. The van der Waals surface area contributed by atoms with Crippen LogP contribution in [0.2, 0.25) is 0 Å². The van der Waals surface area contributed by atoms with Gasteiger partial charge < -0.3 is 17.2 Å². The van der Waals surface area contributed by atoms with Gasteiger partial charge in [0.25, 0.3) is 0 Å². The highest BCUT2D eigenvalue weighted by molar-refractivity contribution is 5.89. The standard InChI is InChI=1S/C21H18N6/c22-16-12-11-15(17(23)18(16)24)21-26-19(13-7-3-1-4-8-13)25-20(27-21)14-9-5-2-6-10-14/h1-12H,22-24H2. The summed E-state index contributed by atoms with van der Waals surface area (Å²) >= 11 is 0. The van der Waals surface area contributed by atoms with E-state index in [1.165, 1.54) is 0 Å². The van der Waals surface area contributed by atoms with Crippen molar-refractivity contribution in [2.75, 3.05) is 17.2 Å². The minimum atomic E-state index is 0.329. The highest BCUT2D eigenvalue weighted by Gasteiger charge is 2.15. The fourth-order valence-corrected chi connectivity index (χ4v) is 2.78. The predicted molar refractivity (Wildman–Crippen MR) is 109 cm³/mol. The molecule has 0 aliphatic heterocycles. The summed E-state index contributed by atoms with van der Waals surface area (Å²) in [5.41, 5.74) is 21.6. The quantitative estimate of drug-likeness (QED) is 0.484. The number of nitrogens with two attached hydrogens (primary N) is 3. The molecule has 1 aromatic heterocycles. The van der Waals surface area contributed by atoms with Gasteiger partial charge in [-0.1, -0.05) is 60.7 Å². The minimum Gasteiger partial charge on any atom is -0.397 e. The first-order chi connectivity index (χ1) is 13.1. The molecular formula is C21H18N6. The first-order valence-electron chi connectivity index (χ1n) is 8.44. The zero-order chi connectivity index (χ0) is 18.8. The Morgan fingerprint density at radius 1 is 0.481 bits per heavy atom. The zero-order valence-electron chi connectivity index (χ0n) is 14.5. The summed E-state index contributed by atoms with van der Waals surface area (Å²) in [6, 6.07) is 23.0. The third kappa shape index (κ3) is 3.16. The fraction of sp³-hybridized carbons (Fsp3) is 0. The third-order valence-electron chi connectivity index (χ3n) is 4.26. The van der Waals surface area contributed by atoms with Crippen LogP contribution in [-0.2, 0) is 0 Å². The molecule has 27 heavy (non-hydrogen) atoms. The highest BCUT2D eigenvalue weighted by Crippen LogP contribution is 2.33. The molecule has 0 saturated carbocycles. The van der Waals surface area contributed by atoms with E-state index in [1.807, 2.05) is 60.7 Å². The van der Waals surface area contributed by atoms with E-state index in [0.29, 0.717) is 40.1 Å². The number of anilines is 3. The normalized spacial score (nSPS) is 10.7. The van der Waals surface area contributed by atoms with Gasteiger partial charge in [-0.05, 0) is 12.1 Å². The molecule has 4 aromatic rings. The van der Waals surface area contributed by atoms with Gasteiger partial charge in [0.05, 0.1) is 17.1 Å². The van der Waals surface area contributed by atoms with Gasteiger partial charge in [-0.25, -0.2) is 15.0 Å². The first kappa shape index (κ1) is 16.5. The van der Waals surface area contributed by atoms with Gasteiger partial charge in [-0.3, -0.25) is 0 Å². The van der Waals surface area contributed by atoms with Crippen molar-refractivity contribution in [2.24, 2.45) is 0 Å². The molecule has 3 aromatic carbocycles. The SMILES string of the molecule is Nc1ccc(-c2nc(-c3ccccc3)nc(-c3ccccc3)n2)c(N)c1N. The molecule has 0 saturated heterocycles. The molecule has 1 heterocycles. The summed E-state index contributed by atoms with van der Waals surface area (Å²) in [5, 5.41) is 0. The second-order valence-corrected chi connectivity index (χ2v) is 6.07. The maximum atomic E-state index is 6.19. The van der Waals surface area contributed by atoms with Gasteiger partial charge in [-0.2, -0.15) is 0 Å². The average molecular weight is 354 g/mol. The second kappa shape index (κ2) is 6.76. The Hall–Kier alpha value is -3.93. The molecule has 0 aliphatic carbocycles. The van der Waals surface area contributed by atoms with Crippen molar-refractivity contribution in [3.05, 3.63) is 72.8 Å². The zero-order valence-corrected chi connectivity index (χ0v) is 14.5. The lowest BCUT2D eigenvalue weighted by Gasteiger charge is -2.12. The molecule has 0 radical (unpaired) electrons. The number of nitrogens with zero attached hydrogens (tertiary/aromatic N) is 3. The maximum Gasteiger partial charge on any atom is 0.166 e. The number of nitrogen functional groups attached to an aromatic ring is 3. The van der Waals surface area contributed by atoms with Crippen LogP contribution < -0.4 is 17.2 Å². The van der Waals surface area contributed by atoms with Crippen LogP contribution in [0, 0.1) is 0 Å². The minimum absolute atomic E-state index is 0.329. The van der Waals surface area contributed by atoms with Crippen molar-refractivity contribution >= 4 is 17.1 Å². The Balaban J connectivity index is 1.96. The van der Waals surface area contributed by atoms with Crippen molar-refractivity contribution in [2.45, 2.75) is 0 Å². The molecule has 0 bridgehead atoms. The molecule has 4 rings (SSSR count). The maximum absolute atomic E-state index is 6.19. The van der Waals surface area contributed by atoms with Crippen molar-refractivity contribution in [1.82, 2.24) is 15.0 Å². The van der Waals surface area contributed by atoms with Crippen LogP contribution in [0.5, 0.6) is 0 Å². The van der Waals surface area contributed by atoms with Crippen LogP contribution in [-0.4, -0.2) is 15.0 Å². The Morgan fingerprint density at radius 2 is 0.963 bits per heavy atom. The number of benzene rings is 3. The van der Waals surface area contributed by atoms with Crippen molar-refractivity contribution in [3.8, 4) is 34.2 Å². The van der Waals surface area contributed by atoms with E-state index in [9.17, 15) is 0 Å². The lowest BCUT2D eigenvalue weighted by molar-refractivity contribution is 1.07. The molecule has 0 aliphatic rings. The van der Waals surface area contributed by atoms with Gasteiger partial charge in [0.1, 0.15) is 0 Å². The summed E-state index contributed by atoms with van der Waals surface area (Å²) in [6.45, 7) is 0. The van der Waals surface area contributed by atoms with E-state index in [4.69, 9.17) is 17.2 Å². The average Bonchev–Trinajstić information content (AvgIpc) is 2.73. The van der Waals surface area contributed by atoms with Crippen molar-refractivity contribution in [3.63, 3.8) is 0 Å². The molecule has 0 spiro atoms. The first-order valence-corrected chi connectivity index (χ1v) is 8.44. The third-order valence-corrected chi connectivity index (χ3v) is 4.26. The van der Waals surface area contributed by atoms with E-state index in [0.717, 1.165) is 11.1 Å². The fourth-order valence-electron chi connectivity index (χ4n) is 2.78. The Labute approximate surface area is 156 Å². The summed E-state index contributed by atoms with van der Waals surface area (Å²) < 4.78 is 0. The molecule has 6 N–H and O–H groups in total. The van der Waals surface area contributed by atoms with E-state index < -0.39 is 0 Å². The number of aromatic nitrogens is 3. The topological polar surface area (TPSA) is 117 Å². The van der Waals surface area contributed by atoms with Crippen LogP contribution in [0.25, 0.3) is 34.2 Å². The second-order valence-electron chi connectivity index (χ2n) is 6.07. The van der Waals surface area contributed by atoms with Crippen molar-refractivity contribution in [1.29, 1.82) is 0 Å². The van der Waals surface area contributed by atoms with Crippen molar-refractivity contribution < 1.29 is 0 Å². The van der Waals surface area contributed by atoms with Crippen LogP contribution >= 0.6 is 0 Å². The lowest BCUT2D eigenvalue weighted by atomic mass is 10.1. The molecule has 132 valence electrons. The van der Waals surface area contributed by atoms with Gasteiger partial charge in [0, 0.05) is 16.7 Å². The predicted octanol–water partition coefficient (Wildman–Crippen LogP) is 3.62. The van der Waals surface area contributed by atoms with Crippen LogP contribution in [0.4, 0.5) is 17.1 Å². The van der Waals surface area contributed by atoms with E-state index in [-0.39, 0.29) is 0 Å². The van der Waals surface area contributed by atoms with Crippen LogP contribution in [0.15, 0.2) is 72.8 Å².